The average molecular weight is 439 g/mol. The lowest BCUT2D eigenvalue weighted by atomic mass is 10.1. The Labute approximate surface area is 148 Å². The number of alkyl halides is 3. The van der Waals surface area contributed by atoms with Crippen LogP contribution in [-0.4, -0.2) is 45.0 Å². The van der Waals surface area contributed by atoms with Gasteiger partial charge < -0.3 is 15.4 Å². The van der Waals surface area contributed by atoms with Crippen molar-refractivity contribution in [1.82, 2.24) is 10.6 Å². The molecule has 22 heavy (non-hydrogen) atoms. The molecule has 2 N–H and O–H groups in total. The Hall–Kier alpha value is -0.250. The first kappa shape index (κ1) is 24.0. The molecule has 4 nitrogen and oxygen atoms in total. The highest BCUT2D eigenvalue weighted by Crippen LogP contribution is 2.14. The van der Waals surface area contributed by atoms with Gasteiger partial charge in [-0.1, -0.05) is 13.8 Å². The van der Waals surface area contributed by atoms with Gasteiger partial charge >= 0.3 is 6.18 Å². The quantitative estimate of drug-likeness (QED) is 0.237. The molecule has 0 saturated carbocycles. The first-order valence-corrected chi connectivity index (χ1v) is 7.51. The van der Waals surface area contributed by atoms with Gasteiger partial charge in [-0.25, -0.2) is 0 Å². The fraction of sp³-hybridized carbons (Fsp3) is 0.929. The Morgan fingerprint density at radius 1 is 1.18 bits per heavy atom. The molecule has 0 fully saturated rings. The van der Waals surface area contributed by atoms with E-state index in [-0.39, 0.29) is 30.6 Å². The SMILES string of the molecule is CCNC(=NCCCOCC(F)(F)F)NCCCC(C)C.I. The third kappa shape index (κ3) is 17.8. The zero-order valence-corrected chi connectivity index (χ0v) is 16.0. The molecule has 0 saturated heterocycles. The lowest BCUT2D eigenvalue weighted by molar-refractivity contribution is -0.173. The molecule has 0 heterocycles. The third-order valence-corrected chi connectivity index (χ3v) is 2.58. The van der Waals surface area contributed by atoms with Crippen LogP contribution in [0.15, 0.2) is 4.99 Å². The van der Waals surface area contributed by atoms with Crippen molar-refractivity contribution in [1.29, 1.82) is 0 Å². The number of guanidine groups is 1. The highest BCUT2D eigenvalue weighted by molar-refractivity contribution is 14.0. The van der Waals surface area contributed by atoms with Crippen LogP contribution < -0.4 is 10.6 Å². The van der Waals surface area contributed by atoms with Gasteiger partial charge in [0.1, 0.15) is 6.61 Å². The van der Waals surface area contributed by atoms with E-state index < -0.39 is 12.8 Å². The summed E-state index contributed by atoms with van der Waals surface area (Å²) in [5.74, 6) is 1.38. The molecule has 0 rings (SSSR count). The van der Waals surface area contributed by atoms with Gasteiger partial charge in [-0.2, -0.15) is 13.2 Å². The fourth-order valence-electron chi connectivity index (χ4n) is 1.60. The molecule has 0 aliphatic heterocycles. The Kier molecular flexibility index (Phi) is 15.7. The molecule has 0 unspecified atom stereocenters. The second-order valence-electron chi connectivity index (χ2n) is 5.24. The largest absolute Gasteiger partial charge is 0.411 e. The minimum Gasteiger partial charge on any atom is -0.372 e. The number of hydrogen-bond donors (Lipinski definition) is 2. The maximum atomic E-state index is 11.9. The van der Waals surface area contributed by atoms with Crippen molar-refractivity contribution in [2.45, 2.75) is 46.2 Å². The molecule has 8 heteroatoms. The average Bonchev–Trinajstić information content (AvgIpc) is 2.36. The van der Waals surface area contributed by atoms with Crippen LogP contribution in [0.5, 0.6) is 0 Å². The van der Waals surface area contributed by atoms with Gasteiger partial charge in [0.2, 0.25) is 0 Å². The number of nitrogens with one attached hydrogen (secondary N) is 2. The molecule has 0 amide bonds. The summed E-state index contributed by atoms with van der Waals surface area (Å²) in [6.07, 6.45) is -1.57. The number of hydrogen-bond acceptors (Lipinski definition) is 2. The summed E-state index contributed by atoms with van der Waals surface area (Å²) in [7, 11) is 0. The van der Waals surface area contributed by atoms with Gasteiger partial charge in [0.25, 0.3) is 0 Å². The van der Waals surface area contributed by atoms with Gasteiger partial charge in [-0.05, 0) is 32.1 Å². The molecular weight excluding hydrogens is 410 g/mol. The summed E-state index contributed by atoms with van der Waals surface area (Å²) in [4.78, 5) is 4.30. The Balaban J connectivity index is 0. The van der Waals surface area contributed by atoms with Crippen LogP contribution in [0.2, 0.25) is 0 Å². The van der Waals surface area contributed by atoms with Gasteiger partial charge in [0.05, 0.1) is 0 Å². The molecule has 0 bridgehead atoms. The van der Waals surface area contributed by atoms with Crippen LogP contribution in [0.3, 0.4) is 0 Å². The lowest BCUT2D eigenvalue weighted by Gasteiger charge is -2.12. The van der Waals surface area contributed by atoms with E-state index in [4.69, 9.17) is 0 Å². The predicted octanol–water partition coefficient (Wildman–Crippen LogP) is 3.56. The first-order valence-electron chi connectivity index (χ1n) is 7.51. The fourth-order valence-corrected chi connectivity index (χ4v) is 1.60. The molecule has 0 radical (unpaired) electrons. The summed E-state index contributed by atoms with van der Waals surface area (Å²) in [5, 5.41) is 6.31. The van der Waals surface area contributed by atoms with E-state index in [0.717, 1.165) is 25.9 Å². The summed E-state index contributed by atoms with van der Waals surface area (Å²) in [6, 6.07) is 0. The van der Waals surface area contributed by atoms with Crippen molar-refractivity contribution in [3.8, 4) is 0 Å². The van der Waals surface area contributed by atoms with Crippen LogP contribution in [0.1, 0.15) is 40.0 Å². The maximum Gasteiger partial charge on any atom is 0.411 e. The number of halogens is 4. The molecule has 0 aromatic heterocycles. The van der Waals surface area contributed by atoms with Crippen molar-refractivity contribution >= 4 is 29.9 Å². The Morgan fingerprint density at radius 3 is 2.41 bits per heavy atom. The van der Waals surface area contributed by atoms with E-state index in [2.05, 4.69) is 34.2 Å². The maximum absolute atomic E-state index is 11.9. The molecule has 0 spiro atoms. The standard InChI is InChI=1S/C14H28F3N3O.HI/c1-4-18-13(19-8-5-7-12(2)3)20-9-6-10-21-11-14(15,16)17;/h12H,4-11H2,1-3H3,(H2,18,19,20);1H. The van der Waals surface area contributed by atoms with E-state index in [1.807, 2.05) is 6.92 Å². The van der Waals surface area contributed by atoms with Crippen LogP contribution in [0, 0.1) is 5.92 Å². The first-order chi connectivity index (χ1) is 9.85. The zero-order chi connectivity index (χ0) is 16.1. The highest BCUT2D eigenvalue weighted by Gasteiger charge is 2.27. The second kappa shape index (κ2) is 14.3. The monoisotopic (exact) mass is 439 g/mol. The van der Waals surface area contributed by atoms with Crippen molar-refractivity contribution in [3.05, 3.63) is 0 Å². The van der Waals surface area contributed by atoms with Gasteiger partial charge in [-0.15, -0.1) is 24.0 Å². The number of rotatable bonds is 10. The van der Waals surface area contributed by atoms with E-state index >= 15 is 0 Å². The van der Waals surface area contributed by atoms with Gasteiger partial charge in [-0.3, -0.25) is 4.99 Å². The Bertz CT molecular complexity index is 287. The predicted molar refractivity (Wildman–Crippen MR) is 95.0 cm³/mol. The summed E-state index contributed by atoms with van der Waals surface area (Å²) in [6.45, 7) is 7.24. The van der Waals surface area contributed by atoms with Crippen molar-refractivity contribution in [2.75, 3.05) is 32.8 Å². The number of ether oxygens (including phenoxy) is 1. The number of aliphatic imine (C=N–C) groups is 1. The molecule has 0 aromatic rings. The smallest absolute Gasteiger partial charge is 0.372 e. The van der Waals surface area contributed by atoms with E-state index in [0.29, 0.717) is 24.8 Å². The minimum absolute atomic E-state index is 0. The van der Waals surface area contributed by atoms with Crippen LogP contribution in [-0.2, 0) is 4.74 Å². The van der Waals surface area contributed by atoms with E-state index in [9.17, 15) is 13.2 Å². The van der Waals surface area contributed by atoms with Gasteiger partial charge in [0.15, 0.2) is 5.96 Å². The Morgan fingerprint density at radius 2 is 1.86 bits per heavy atom. The zero-order valence-electron chi connectivity index (χ0n) is 13.6. The second-order valence-corrected chi connectivity index (χ2v) is 5.24. The third-order valence-electron chi connectivity index (χ3n) is 2.58. The lowest BCUT2D eigenvalue weighted by Crippen LogP contribution is -2.38. The topological polar surface area (TPSA) is 45.7 Å². The van der Waals surface area contributed by atoms with E-state index in [1.54, 1.807) is 0 Å². The molecule has 0 aliphatic carbocycles. The summed E-state index contributed by atoms with van der Waals surface area (Å²) >= 11 is 0. The number of nitrogens with zero attached hydrogens (tertiary/aromatic N) is 1. The van der Waals surface area contributed by atoms with Crippen molar-refractivity contribution < 1.29 is 17.9 Å². The van der Waals surface area contributed by atoms with E-state index in [1.165, 1.54) is 0 Å². The van der Waals surface area contributed by atoms with Crippen LogP contribution >= 0.6 is 24.0 Å². The summed E-state index contributed by atoms with van der Waals surface area (Å²) in [5.41, 5.74) is 0. The molecule has 0 aliphatic rings. The molecule has 0 atom stereocenters. The molecule has 134 valence electrons. The van der Waals surface area contributed by atoms with Crippen LogP contribution in [0.25, 0.3) is 0 Å². The normalized spacial score (nSPS) is 12.2. The highest BCUT2D eigenvalue weighted by atomic mass is 127. The summed E-state index contributed by atoms with van der Waals surface area (Å²) < 4.78 is 40.1. The van der Waals surface area contributed by atoms with Crippen molar-refractivity contribution in [3.63, 3.8) is 0 Å². The van der Waals surface area contributed by atoms with Crippen LogP contribution in [0.4, 0.5) is 13.2 Å². The minimum atomic E-state index is -4.25. The molecule has 0 aromatic carbocycles. The van der Waals surface area contributed by atoms with Crippen molar-refractivity contribution in [2.24, 2.45) is 10.9 Å². The van der Waals surface area contributed by atoms with Gasteiger partial charge in [0, 0.05) is 26.2 Å². The molecular formula is C14H29F3IN3O.